The summed E-state index contributed by atoms with van der Waals surface area (Å²) in [6, 6.07) is 8.10. The Hall–Kier alpha value is -6.54. The number of rotatable bonds is 24. The SMILES string of the molecule is NCCCC[C@H](NC(=O)[C@H](Cc1cnc[nH]1)NC(=O)[C@@H](Cc1ccc(O)cc1)NC(=O)[C@@H]1CCCN1C(=O)[C@H](Cc1ccccc1)NC(=O)[C@H](N)CCCN=C(N)N)C(=O)O. The van der Waals surface area contributed by atoms with Crippen molar-refractivity contribution in [3.05, 3.63) is 83.9 Å². The quantitative estimate of drug-likeness (QED) is 0.0283. The molecule has 0 saturated carbocycles. The number of guanidine groups is 1. The number of carbonyl (C=O) groups excluding carboxylic acids is 5. The van der Waals surface area contributed by atoms with Crippen LogP contribution in [-0.2, 0) is 48.0 Å². The van der Waals surface area contributed by atoms with E-state index in [4.69, 9.17) is 22.9 Å². The number of aromatic hydroxyl groups is 1. The smallest absolute Gasteiger partial charge is 0.326 e. The lowest BCUT2D eigenvalue weighted by Crippen LogP contribution is -2.59. The van der Waals surface area contributed by atoms with Crippen LogP contribution in [0.2, 0.25) is 0 Å². The number of phenolic OH excluding ortho intramolecular Hbond substituents is 1. The number of likely N-dealkylation sites (tertiary alicyclic amines) is 1. The van der Waals surface area contributed by atoms with Crippen LogP contribution in [0.4, 0.5) is 0 Å². The summed E-state index contributed by atoms with van der Waals surface area (Å²) >= 11 is 0. The summed E-state index contributed by atoms with van der Waals surface area (Å²) in [6.45, 7) is 0.813. The molecule has 20 heteroatoms. The van der Waals surface area contributed by atoms with Gasteiger partial charge in [0.15, 0.2) is 5.96 Å². The number of aliphatic imine (C=N–C) groups is 1. The fraction of sp³-hybridized carbons (Fsp3) is 0.463. The molecule has 15 N–H and O–H groups in total. The lowest BCUT2D eigenvalue weighted by Gasteiger charge is -2.31. The Morgan fingerprint density at radius 2 is 1.44 bits per heavy atom. The first-order valence-electron chi connectivity index (χ1n) is 20.3. The monoisotopic (exact) mass is 846 g/mol. The molecular weight excluding hydrogens is 789 g/mol. The minimum absolute atomic E-state index is 0.0197. The number of aromatic amines is 1. The summed E-state index contributed by atoms with van der Waals surface area (Å²) in [6.07, 6.45) is 5.27. The standard InChI is InChI=1S/C41H58N12O8/c42-17-5-4-11-30(40(60)61)49-37(57)32(22-27-23-46-24-48-27)50-36(56)31(20-26-13-15-28(54)16-14-26)51-38(58)34-12-7-19-53(34)39(59)33(21-25-8-2-1-3-9-25)52-35(55)29(43)10-6-18-47-41(44)45/h1-3,8-9,13-16,23-24,29-34,54H,4-7,10-12,17-22,42-43H2,(H,46,48)(H,49,57)(H,50,56)(H,51,58)(H,52,55)(H,60,61)(H4,44,45,47)/t29-,30+,31-,32+,33+,34+/m1/s1. The van der Waals surface area contributed by atoms with Crippen molar-refractivity contribution in [3.8, 4) is 5.75 Å². The molecular formula is C41H58N12O8. The number of carbonyl (C=O) groups is 6. The van der Waals surface area contributed by atoms with Crippen molar-refractivity contribution in [1.82, 2.24) is 36.1 Å². The molecule has 2 aromatic carbocycles. The highest BCUT2D eigenvalue weighted by molar-refractivity contribution is 5.97. The lowest BCUT2D eigenvalue weighted by atomic mass is 10.0. The van der Waals surface area contributed by atoms with Gasteiger partial charge >= 0.3 is 5.97 Å². The number of amides is 5. The molecule has 0 aliphatic carbocycles. The van der Waals surface area contributed by atoms with E-state index in [1.165, 1.54) is 29.6 Å². The summed E-state index contributed by atoms with van der Waals surface area (Å²) < 4.78 is 0. The first kappa shape index (κ1) is 47.1. The summed E-state index contributed by atoms with van der Waals surface area (Å²) in [7, 11) is 0. The number of nitrogens with one attached hydrogen (secondary N) is 5. The van der Waals surface area contributed by atoms with E-state index in [2.05, 4.69) is 36.2 Å². The van der Waals surface area contributed by atoms with Crippen LogP contribution in [0.25, 0.3) is 0 Å². The van der Waals surface area contributed by atoms with Gasteiger partial charge in [-0.3, -0.25) is 29.0 Å². The predicted molar refractivity (Wildman–Crippen MR) is 225 cm³/mol. The van der Waals surface area contributed by atoms with Gasteiger partial charge in [-0.25, -0.2) is 9.78 Å². The summed E-state index contributed by atoms with van der Waals surface area (Å²) in [4.78, 5) is 93.9. The Balaban J connectivity index is 1.56. The molecule has 20 nitrogen and oxygen atoms in total. The number of aliphatic carboxylic acids is 1. The summed E-state index contributed by atoms with van der Waals surface area (Å²) in [5.74, 6) is -4.62. The summed E-state index contributed by atoms with van der Waals surface area (Å²) in [5, 5.41) is 30.5. The van der Waals surface area contributed by atoms with Crippen molar-refractivity contribution in [2.75, 3.05) is 19.6 Å². The van der Waals surface area contributed by atoms with E-state index < -0.39 is 71.8 Å². The van der Waals surface area contributed by atoms with E-state index in [9.17, 15) is 39.0 Å². The van der Waals surface area contributed by atoms with Crippen LogP contribution in [-0.4, -0.2) is 122 Å². The van der Waals surface area contributed by atoms with Gasteiger partial charge in [0.2, 0.25) is 29.5 Å². The number of hydrogen-bond acceptors (Lipinski definition) is 11. The molecule has 0 bridgehead atoms. The highest BCUT2D eigenvalue weighted by atomic mass is 16.4. The zero-order valence-electron chi connectivity index (χ0n) is 34.0. The number of nitrogens with two attached hydrogens (primary N) is 4. The summed E-state index contributed by atoms with van der Waals surface area (Å²) in [5.41, 5.74) is 24.3. The number of carboxylic acid groups (broad SMARTS) is 1. The molecule has 1 aliphatic rings. The number of carboxylic acids is 1. The number of aromatic nitrogens is 2. The molecule has 0 spiro atoms. The maximum absolute atomic E-state index is 14.3. The molecule has 1 saturated heterocycles. The fourth-order valence-corrected chi connectivity index (χ4v) is 6.95. The molecule has 330 valence electrons. The van der Waals surface area contributed by atoms with Crippen molar-refractivity contribution < 1.29 is 39.0 Å². The Morgan fingerprint density at radius 1 is 0.803 bits per heavy atom. The molecule has 1 fully saturated rings. The van der Waals surface area contributed by atoms with Gasteiger partial charge in [0.1, 0.15) is 36.0 Å². The van der Waals surface area contributed by atoms with Gasteiger partial charge in [0.25, 0.3) is 0 Å². The second kappa shape index (κ2) is 23.9. The van der Waals surface area contributed by atoms with Crippen molar-refractivity contribution in [2.45, 2.75) is 100 Å². The number of hydrogen-bond donors (Lipinski definition) is 11. The van der Waals surface area contributed by atoms with E-state index in [-0.39, 0.29) is 63.3 Å². The van der Waals surface area contributed by atoms with Crippen LogP contribution in [0.5, 0.6) is 5.75 Å². The average molecular weight is 847 g/mol. The number of imidazole rings is 1. The topological polar surface area (TPSA) is 339 Å². The van der Waals surface area contributed by atoms with Crippen LogP contribution in [0, 0.1) is 0 Å². The second-order valence-corrected chi connectivity index (χ2v) is 15.0. The fourth-order valence-electron chi connectivity index (χ4n) is 6.95. The molecule has 3 aromatic rings. The normalized spacial score (nSPS) is 16.0. The zero-order chi connectivity index (χ0) is 44.3. The van der Waals surface area contributed by atoms with Crippen molar-refractivity contribution in [2.24, 2.45) is 27.9 Å². The molecule has 6 atom stereocenters. The number of nitrogens with zero attached hydrogens (tertiary/aromatic N) is 3. The highest BCUT2D eigenvalue weighted by Gasteiger charge is 2.40. The first-order valence-corrected chi connectivity index (χ1v) is 20.3. The third kappa shape index (κ3) is 15.2. The number of phenols is 1. The van der Waals surface area contributed by atoms with E-state index in [1.807, 2.05) is 18.2 Å². The largest absolute Gasteiger partial charge is 0.508 e. The number of unbranched alkanes of at least 4 members (excludes halogenated alkanes) is 1. The third-order valence-corrected chi connectivity index (χ3v) is 10.2. The molecule has 2 heterocycles. The minimum atomic E-state index is -1.30. The van der Waals surface area contributed by atoms with Gasteiger partial charge in [-0.15, -0.1) is 0 Å². The van der Waals surface area contributed by atoms with Gasteiger partial charge in [0.05, 0.1) is 12.4 Å². The molecule has 5 amide bonds. The molecule has 1 aliphatic heterocycles. The molecule has 61 heavy (non-hydrogen) atoms. The van der Waals surface area contributed by atoms with Gasteiger partial charge in [-0.1, -0.05) is 42.5 Å². The maximum Gasteiger partial charge on any atom is 0.326 e. The Kier molecular flexibility index (Phi) is 18.5. The first-order chi connectivity index (χ1) is 29.2. The van der Waals surface area contributed by atoms with E-state index in [0.29, 0.717) is 43.5 Å². The zero-order valence-corrected chi connectivity index (χ0v) is 34.0. The van der Waals surface area contributed by atoms with E-state index >= 15 is 0 Å². The number of H-pyrrole nitrogens is 1. The van der Waals surface area contributed by atoms with Crippen LogP contribution >= 0.6 is 0 Å². The molecule has 4 rings (SSSR count). The van der Waals surface area contributed by atoms with Gasteiger partial charge in [-0.2, -0.15) is 0 Å². The Labute approximate surface area is 353 Å². The average Bonchev–Trinajstić information content (AvgIpc) is 3.95. The van der Waals surface area contributed by atoms with Crippen LogP contribution < -0.4 is 44.2 Å². The van der Waals surface area contributed by atoms with Gasteiger partial charge < -0.3 is 64.3 Å². The maximum atomic E-state index is 14.3. The van der Waals surface area contributed by atoms with Crippen molar-refractivity contribution in [3.63, 3.8) is 0 Å². The lowest BCUT2D eigenvalue weighted by molar-refractivity contribution is -0.143. The van der Waals surface area contributed by atoms with Crippen LogP contribution in [0.3, 0.4) is 0 Å². The van der Waals surface area contributed by atoms with Crippen molar-refractivity contribution in [1.29, 1.82) is 0 Å². The van der Waals surface area contributed by atoms with E-state index in [0.717, 1.165) is 5.56 Å². The molecule has 0 unspecified atom stereocenters. The Morgan fingerprint density at radius 3 is 2.08 bits per heavy atom. The van der Waals surface area contributed by atoms with Crippen molar-refractivity contribution >= 4 is 41.5 Å². The van der Waals surface area contributed by atoms with Gasteiger partial charge in [-0.05, 0) is 74.8 Å². The highest BCUT2D eigenvalue weighted by Crippen LogP contribution is 2.21. The molecule has 0 radical (unpaired) electrons. The Bertz CT molecular complexity index is 1930. The van der Waals surface area contributed by atoms with Crippen LogP contribution in [0.1, 0.15) is 61.8 Å². The minimum Gasteiger partial charge on any atom is -0.508 e. The second-order valence-electron chi connectivity index (χ2n) is 15.0. The van der Waals surface area contributed by atoms with Crippen LogP contribution in [0.15, 0.2) is 72.1 Å². The predicted octanol–water partition coefficient (Wildman–Crippen LogP) is -1.33. The third-order valence-electron chi connectivity index (χ3n) is 10.2. The molecule has 1 aromatic heterocycles. The number of benzene rings is 2. The van der Waals surface area contributed by atoms with Gasteiger partial charge in [0, 0.05) is 44.2 Å². The van der Waals surface area contributed by atoms with E-state index in [1.54, 1.807) is 24.3 Å².